The molecule has 8 heteroatoms. The molecular weight excluding hydrogens is 400 g/mol. The Balaban J connectivity index is 0.00000256. The number of aliphatic hydroxyl groups is 1. The Labute approximate surface area is 183 Å². The lowest BCUT2D eigenvalue weighted by Gasteiger charge is -2.35. The molecule has 0 bridgehead atoms. The number of rotatable bonds is 6. The molecule has 0 unspecified atom stereocenters. The zero-order valence-corrected chi connectivity index (χ0v) is 18.3. The van der Waals surface area contributed by atoms with Crippen LogP contribution in [0.25, 0.3) is 11.3 Å². The van der Waals surface area contributed by atoms with Crippen molar-refractivity contribution < 1.29 is 5.11 Å². The number of aliphatic hydroxyl groups excluding tert-OH is 1. The quantitative estimate of drug-likeness (QED) is 0.651. The van der Waals surface area contributed by atoms with Crippen LogP contribution in [0.3, 0.4) is 0 Å². The van der Waals surface area contributed by atoms with Crippen molar-refractivity contribution in [2.45, 2.75) is 33.5 Å². The fraction of sp³-hybridized carbons (Fsp3) is 0.409. The van der Waals surface area contributed by atoms with E-state index in [0.29, 0.717) is 0 Å². The van der Waals surface area contributed by atoms with E-state index in [2.05, 4.69) is 44.9 Å². The molecule has 0 aliphatic carbocycles. The SMILES string of the molecule is CCn1cc(CN2CCN(c3nccnc3-c3ccc(CO)cc3)CC2)c(C)n1.Cl. The lowest BCUT2D eigenvalue weighted by molar-refractivity contribution is 0.249. The van der Waals surface area contributed by atoms with Crippen LogP contribution < -0.4 is 4.90 Å². The molecule has 3 heterocycles. The van der Waals surface area contributed by atoms with Crippen LogP contribution in [0.15, 0.2) is 42.9 Å². The molecule has 1 aromatic carbocycles. The van der Waals surface area contributed by atoms with Crippen molar-refractivity contribution in [3.05, 3.63) is 59.7 Å². The standard InChI is InChI=1S/C22H28N6O.ClH/c1-3-28-15-20(17(2)25-28)14-26-10-12-27(13-11-26)22-21(23-8-9-24-22)19-6-4-18(16-29)5-7-19;/h4-9,15,29H,3,10-14,16H2,1-2H3;1H. The summed E-state index contributed by atoms with van der Waals surface area (Å²) in [6, 6.07) is 7.88. The van der Waals surface area contributed by atoms with Crippen molar-refractivity contribution >= 4 is 18.2 Å². The second-order valence-electron chi connectivity index (χ2n) is 7.44. The van der Waals surface area contributed by atoms with Crippen LogP contribution >= 0.6 is 12.4 Å². The van der Waals surface area contributed by atoms with E-state index >= 15 is 0 Å². The first-order chi connectivity index (χ1) is 14.2. The number of benzene rings is 1. The van der Waals surface area contributed by atoms with Gasteiger partial charge in [-0.2, -0.15) is 5.10 Å². The number of aromatic nitrogens is 4. The molecule has 2 aromatic heterocycles. The lowest BCUT2D eigenvalue weighted by Crippen LogP contribution is -2.46. The van der Waals surface area contributed by atoms with Gasteiger partial charge in [0.2, 0.25) is 0 Å². The van der Waals surface area contributed by atoms with Crippen LogP contribution in [0.5, 0.6) is 0 Å². The van der Waals surface area contributed by atoms with Crippen molar-refractivity contribution in [2.75, 3.05) is 31.1 Å². The highest BCUT2D eigenvalue weighted by Crippen LogP contribution is 2.28. The van der Waals surface area contributed by atoms with Crippen molar-refractivity contribution in [3.63, 3.8) is 0 Å². The number of anilines is 1. The molecular formula is C22H29ClN6O. The van der Waals surface area contributed by atoms with Gasteiger partial charge in [0.15, 0.2) is 5.82 Å². The Bertz CT molecular complexity index is 951. The second kappa shape index (κ2) is 10.0. The molecule has 1 N–H and O–H groups in total. The molecule has 3 aromatic rings. The first kappa shape index (κ1) is 22.2. The summed E-state index contributed by atoms with van der Waals surface area (Å²) in [5, 5.41) is 13.8. The predicted molar refractivity (Wildman–Crippen MR) is 121 cm³/mol. The minimum absolute atomic E-state index is 0. The van der Waals surface area contributed by atoms with Gasteiger partial charge in [0.05, 0.1) is 12.3 Å². The molecule has 0 amide bonds. The zero-order chi connectivity index (χ0) is 20.2. The summed E-state index contributed by atoms with van der Waals surface area (Å²) in [6.45, 7) is 9.90. The van der Waals surface area contributed by atoms with Gasteiger partial charge >= 0.3 is 0 Å². The van der Waals surface area contributed by atoms with E-state index in [1.807, 2.05) is 28.9 Å². The Morgan fingerprint density at radius 1 is 1.00 bits per heavy atom. The maximum absolute atomic E-state index is 9.27. The van der Waals surface area contributed by atoms with E-state index in [1.165, 1.54) is 5.56 Å². The fourth-order valence-corrected chi connectivity index (χ4v) is 3.77. The number of hydrogen-bond donors (Lipinski definition) is 1. The van der Waals surface area contributed by atoms with Gasteiger partial charge in [-0.25, -0.2) is 4.98 Å². The van der Waals surface area contributed by atoms with Crippen molar-refractivity contribution in [3.8, 4) is 11.3 Å². The van der Waals surface area contributed by atoms with Crippen molar-refractivity contribution in [1.82, 2.24) is 24.6 Å². The van der Waals surface area contributed by atoms with Gasteiger partial charge in [0.25, 0.3) is 0 Å². The average Bonchev–Trinajstić information content (AvgIpc) is 3.14. The number of piperazine rings is 1. The molecule has 30 heavy (non-hydrogen) atoms. The average molecular weight is 429 g/mol. The third-order valence-corrected chi connectivity index (χ3v) is 5.53. The lowest BCUT2D eigenvalue weighted by atomic mass is 10.1. The molecule has 0 saturated carbocycles. The van der Waals surface area contributed by atoms with Gasteiger partial charge in [-0.15, -0.1) is 12.4 Å². The van der Waals surface area contributed by atoms with Gasteiger partial charge in [0.1, 0.15) is 5.69 Å². The van der Waals surface area contributed by atoms with Gasteiger partial charge in [-0.1, -0.05) is 24.3 Å². The monoisotopic (exact) mass is 428 g/mol. The Morgan fingerprint density at radius 2 is 1.70 bits per heavy atom. The van der Waals surface area contributed by atoms with Crippen LogP contribution in [0.2, 0.25) is 0 Å². The zero-order valence-electron chi connectivity index (χ0n) is 17.5. The summed E-state index contributed by atoms with van der Waals surface area (Å²) >= 11 is 0. The third kappa shape index (κ3) is 4.80. The third-order valence-electron chi connectivity index (χ3n) is 5.53. The maximum Gasteiger partial charge on any atom is 0.155 e. The molecule has 0 spiro atoms. The summed E-state index contributed by atoms with van der Waals surface area (Å²) < 4.78 is 2.01. The summed E-state index contributed by atoms with van der Waals surface area (Å²) in [6.07, 6.45) is 5.66. The molecule has 0 atom stereocenters. The molecule has 7 nitrogen and oxygen atoms in total. The first-order valence-corrected chi connectivity index (χ1v) is 10.2. The van der Waals surface area contributed by atoms with Crippen molar-refractivity contribution in [1.29, 1.82) is 0 Å². The van der Waals surface area contributed by atoms with E-state index in [0.717, 1.165) is 67.6 Å². The summed E-state index contributed by atoms with van der Waals surface area (Å²) in [5.74, 6) is 0.930. The van der Waals surface area contributed by atoms with Crippen LogP contribution in [0.4, 0.5) is 5.82 Å². The molecule has 4 rings (SSSR count). The molecule has 1 aliphatic rings. The highest BCUT2D eigenvalue weighted by molar-refractivity contribution is 5.85. The summed E-state index contributed by atoms with van der Waals surface area (Å²) in [5.41, 5.74) is 5.25. The highest BCUT2D eigenvalue weighted by Gasteiger charge is 2.22. The van der Waals surface area contributed by atoms with E-state index in [1.54, 1.807) is 12.4 Å². The van der Waals surface area contributed by atoms with E-state index in [9.17, 15) is 5.11 Å². The van der Waals surface area contributed by atoms with Crippen molar-refractivity contribution in [2.24, 2.45) is 0 Å². The van der Waals surface area contributed by atoms with Gasteiger partial charge in [-0.05, 0) is 19.4 Å². The Morgan fingerprint density at radius 3 is 2.33 bits per heavy atom. The second-order valence-corrected chi connectivity index (χ2v) is 7.44. The van der Waals surface area contributed by atoms with Crippen LogP contribution in [0, 0.1) is 6.92 Å². The number of halogens is 1. The number of nitrogens with zero attached hydrogens (tertiary/aromatic N) is 6. The van der Waals surface area contributed by atoms with E-state index < -0.39 is 0 Å². The number of hydrogen-bond acceptors (Lipinski definition) is 6. The molecule has 1 saturated heterocycles. The molecule has 0 radical (unpaired) electrons. The largest absolute Gasteiger partial charge is 0.392 e. The minimum Gasteiger partial charge on any atom is -0.392 e. The van der Waals surface area contributed by atoms with Gasteiger partial charge < -0.3 is 10.0 Å². The Kier molecular flexibility index (Phi) is 7.42. The van der Waals surface area contributed by atoms with Crippen LogP contribution in [0.1, 0.15) is 23.7 Å². The topological polar surface area (TPSA) is 70.3 Å². The van der Waals surface area contributed by atoms with Crippen LogP contribution in [-0.2, 0) is 19.7 Å². The Hall–Kier alpha value is -2.48. The van der Waals surface area contributed by atoms with Gasteiger partial charge in [0, 0.05) is 69.0 Å². The fourth-order valence-electron chi connectivity index (χ4n) is 3.77. The first-order valence-electron chi connectivity index (χ1n) is 10.2. The molecule has 1 aliphatic heterocycles. The summed E-state index contributed by atoms with van der Waals surface area (Å²) in [7, 11) is 0. The van der Waals surface area contributed by atoms with E-state index in [-0.39, 0.29) is 19.0 Å². The molecule has 160 valence electrons. The maximum atomic E-state index is 9.27. The minimum atomic E-state index is 0. The number of aryl methyl sites for hydroxylation is 2. The highest BCUT2D eigenvalue weighted by atomic mass is 35.5. The molecule has 1 fully saturated rings. The van der Waals surface area contributed by atoms with Crippen LogP contribution in [-0.4, -0.2) is 55.9 Å². The smallest absolute Gasteiger partial charge is 0.155 e. The van der Waals surface area contributed by atoms with E-state index in [4.69, 9.17) is 0 Å². The normalized spacial score (nSPS) is 14.6. The predicted octanol–water partition coefficient (Wildman–Crippen LogP) is 2.90. The summed E-state index contributed by atoms with van der Waals surface area (Å²) in [4.78, 5) is 14.0. The van der Waals surface area contributed by atoms with Gasteiger partial charge in [-0.3, -0.25) is 14.6 Å².